The molecule has 1 amide bonds. The van der Waals surface area contributed by atoms with Crippen molar-refractivity contribution < 1.29 is 27.9 Å². The molecule has 21 heavy (non-hydrogen) atoms. The normalized spacial score (nSPS) is 13.0. The van der Waals surface area contributed by atoms with Crippen LogP contribution < -0.4 is 5.32 Å². The first kappa shape index (κ1) is 17.0. The van der Waals surface area contributed by atoms with Crippen molar-refractivity contribution in [3.8, 4) is 0 Å². The third kappa shape index (κ3) is 4.47. The number of hydrogen-bond donors (Lipinski definition) is 2. The van der Waals surface area contributed by atoms with E-state index in [1.807, 2.05) is 0 Å². The molecule has 1 unspecified atom stereocenters. The molecular formula is C12H16F3N3O3. The number of halogens is 3. The van der Waals surface area contributed by atoms with Crippen molar-refractivity contribution in [3.05, 3.63) is 17.0 Å². The van der Waals surface area contributed by atoms with Crippen LogP contribution in [0.4, 0.5) is 13.2 Å². The summed E-state index contributed by atoms with van der Waals surface area (Å²) in [5.41, 5.74) is 0.930. The summed E-state index contributed by atoms with van der Waals surface area (Å²) in [7, 11) is 0. The summed E-state index contributed by atoms with van der Waals surface area (Å²) >= 11 is 0. The van der Waals surface area contributed by atoms with Crippen molar-refractivity contribution in [2.24, 2.45) is 0 Å². The van der Waals surface area contributed by atoms with Crippen LogP contribution in [0.2, 0.25) is 0 Å². The van der Waals surface area contributed by atoms with Crippen molar-refractivity contribution in [2.45, 2.75) is 39.4 Å². The van der Waals surface area contributed by atoms with E-state index in [-0.39, 0.29) is 5.69 Å². The van der Waals surface area contributed by atoms with E-state index in [0.717, 1.165) is 4.68 Å². The van der Waals surface area contributed by atoms with Crippen LogP contribution in [0.15, 0.2) is 0 Å². The number of aromatic nitrogens is 2. The van der Waals surface area contributed by atoms with Gasteiger partial charge in [0.15, 0.2) is 0 Å². The smallest absolute Gasteiger partial charge is 0.408 e. The van der Waals surface area contributed by atoms with Crippen LogP contribution in [0, 0.1) is 13.8 Å². The molecule has 1 aromatic heterocycles. The fourth-order valence-corrected chi connectivity index (χ4v) is 2.11. The lowest BCUT2D eigenvalue weighted by Gasteiger charge is -2.13. The summed E-state index contributed by atoms with van der Waals surface area (Å²) in [5, 5.41) is 14.5. The summed E-state index contributed by atoms with van der Waals surface area (Å²) < 4.78 is 38.1. The Morgan fingerprint density at radius 1 is 1.38 bits per heavy atom. The zero-order chi connectivity index (χ0) is 16.4. The Hall–Kier alpha value is -2.06. The van der Waals surface area contributed by atoms with Crippen LogP contribution in [0.1, 0.15) is 29.8 Å². The van der Waals surface area contributed by atoms with E-state index in [9.17, 15) is 22.8 Å². The van der Waals surface area contributed by atoms with Gasteiger partial charge in [0.25, 0.3) is 0 Å². The number of hydrogen-bond acceptors (Lipinski definition) is 3. The molecule has 1 heterocycles. The van der Waals surface area contributed by atoms with Crippen molar-refractivity contribution in [1.82, 2.24) is 15.1 Å². The third-order valence-electron chi connectivity index (χ3n) is 3.01. The average molecular weight is 307 g/mol. The Kier molecular flexibility index (Phi) is 4.97. The van der Waals surface area contributed by atoms with E-state index in [2.05, 4.69) is 10.4 Å². The average Bonchev–Trinajstić information content (AvgIpc) is 2.58. The first-order chi connectivity index (χ1) is 9.53. The number of carboxylic acid groups (broad SMARTS) is 1. The van der Waals surface area contributed by atoms with Crippen LogP contribution in [-0.2, 0) is 16.1 Å². The lowest BCUT2D eigenvalue weighted by Crippen LogP contribution is -2.33. The highest BCUT2D eigenvalue weighted by Gasteiger charge is 2.31. The van der Waals surface area contributed by atoms with Crippen molar-refractivity contribution in [3.63, 3.8) is 0 Å². The van der Waals surface area contributed by atoms with Gasteiger partial charge < -0.3 is 10.4 Å². The Morgan fingerprint density at radius 3 is 2.43 bits per heavy atom. The molecule has 9 heteroatoms. The molecule has 0 aliphatic carbocycles. The Balaban J connectivity index is 2.97. The van der Waals surface area contributed by atoms with Gasteiger partial charge >= 0.3 is 12.1 Å². The number of nitrogens with zero attached hydrogens (tertiary/aromatic N) is 2. The van der Waals surface area contributed by atoms with Gasteiger partial charge in [0.05, 0.1) is 11.6 Å². The largest absolute Gasteiger partial charge is 0.480 e. The molecule has 0 aliphatic heterocycles. The fraction of sp³-hybridized carbons (Fsp3) is 0.583. The Labute approximate surface area is 118 Å². The minimum Gasteiger partial charge on any atom is -0.480 e. The molecule has 118 valence electrons. The summed E-state index contributed by atoms with van der Waals surface area (Å²) in [6.45, 7) is 2.67. The van der Waals surface area contributed by atoms with Crippen LogP contribution in [0.5, 0.6) is 0 Å². The molecule has 0 bridgehead atoms. The van der Waals surface area contributed by atoms with E-state index < -0.39 is 37.1 Å². The standard InChI is InChI=1S/C12H16F3N3O3/c1-6(11(21)16-4-9(19)20)10-7(2)17-18(8(10)3)5-12(13,14)15/h6H,4-5H2,1-3H3,(H,16,21)(H,19,20). The zero-order valence-corrected chi connectivity index (χ0v) is 11.8. The molecule has 2 N–H and O–H groups in total. The predicted octanol–water partition coefficient (Wildman–Crippen LogP) is 1.37. The summed E-state index contributed by atoms with van der Waals surface area (Å²) in [5.74, 6) is -2.56. The Bertz CT molecular complexity index is 552. The molecular weight excluding hydrogens is 291 g/mol. The molecule has 0 aromatic carbocycles. The zero-order valence-electron chi connectivity index (χ0n) is 11.8. The van der Waals surface area contributed by atoms with Crippen LogP contribution in [0.3, 0.4) is 0 Å². The van der Waals surface area contributed by atoms with Crippen molar-refractivity contribution in [2.75, 3.05) is 6.54 Å². The van der Waals surface area contributed by atoms with E-state index in [0.29, 0.717) is 11.3 Å². The lowest BCUT2D eigenvalue weighted by atomic mass is 9.98. The molecule has 0 aliphatic rings. The number of rotatable bonds is 5. The molecule has 1 aromatic rings. The van der Waals surface area contributed by atoms with Crippen LogP contribution >= 0.6 is 0 Å². The number of alkyl halides is 3. The highest BCUT2D eigenvalue weighted by atomic mass is 19.4. The number of aryl methyl sites for hydroxylation is 1. The van der Waals surface area contributed by atoms with Gasteiger partial charge in [-0.1, -0.05) is 0 Å². The number of carbonyl (C=O) groups is 2. The number of carbonyl (C=O) groups excluding carboxylic acids is 1. The van der Waals surface area contributed by atoms with Crippen LogP contribution in [0.25, 0.3) is 0 Å². The monoisotopic (exact) mass is 307 g/mol. The molecule has 0 spiro atoms. The second kappa shape index (κ2) is 6.15. The maximum atomic E-state index is 12.4. The second-order valence-corrected chi connectivity index (χ2v) is 4.69. The summed E-state index contributed by atoms with van der Waals surface area (Å²) in [6.07, 6.45) is -4.41. The molecule has 1 atom stereocenters. The minimum atomic E-state index is -4.41. The maximum absolute atomic E-state index is 12.4. The van der Waals surface area contributed by atoms with Crippen molar-refractivity contribution in [1.29, 1.82) is 0 Å². The fourth-order valence-electron chi connectivity index (χ4n) is 2.11. The molecule has 0 radical (unpaired) electrons. The van der Waals surface area contributed by atoms with Gasteiger partial charge in [-0.15, -0.1) is 0 Å². The van der Waals surface area contributed by atoms with Gasteiger partial charge in [-0.25, -0.2) is 0 Å². The number of amides is 1. The van der Waals surface area contributed by atoms with Crippen LogP contribution in [-0.4, -0.2) is 39.5 Å². The number of carboxylic acids is 1. The quantitative estimate of drug-likeness (QED) is 0.860. The molecule has 0 fully saturated rings. The van der Waals surface area contributed by atoms with Crippen molar-refractivity contribution >= 4 is 11.9 Å². The SMILES string of the molecule is Cc1nn(CC(F)(F)F)c(C)c1C(C)C(=O)NCC(=O)O. The highest BCUT2D eigenvalue weighted by Crippen LogP contribution is 2.26. The van der Waals surface area contributed by atoms with Gasteiger partial charge in [-0.2, -0.15) is 18.3 Å². The molecule has 0 saturated heterocycles. The highest BCUT2D eigenvalue weighted by molar-refractivity contribution is 5.86. The second-order valence-electron chi connectivity index (χ2n) is 4.69. The molecule has 1 rings (SSSR count). The first-order valence-corrected chi connectivity index (χ1v) is 6.13. The van der Waals surface area contributed by atoms with E-state index in [1.165, 1.54) is 20.8 Å². The van der Waals surface area contributed by atoms with Gasteiger partial charge in [-0.05, 0) is 20.8 Å². The number of nitrogens with one attached hydrogen (secondary N) is 1. The van der Waals surface area contributed by atoms with Gasteiger partial charge in [-0.3, -0.25) is 14.3 Å². The molecule has 6 nitrogen and oxygen atoms in total. The van der Waals surface area contributed by atoms with Gasteiger partial charge in [0, 0.05) is 11.3 Å². The number of aliphatic carboxylic acids is 1. The van der Waals surface area contributed by atoms with E-state index >= 15 is 0 Å². The topological polar surface area (TPSA) is 84.2 Å². The van der Waals surface area contributed by atoms with E-state index in [4.69, 9.17) is 5.11 Å². The predicted molar refractivity (Wildman–Crippen MR) is 66.8 cm³/mol. The summed E-state index contributed by atoms with van der Waals surface area (Å²) in [4.78, 5) is 22.2. The summed E-state index contributed by atoms with van der Waals surface area (Å²) in [6, 6.07) is 0. The third-order valence-corrected chi connectivity index (χ3v) is 3.01. The lowest BCUT2D eigenvalue weighted by molar-refractivity contribution is -0.143. The van der Waals surface area contributed by atoms with Gasteiger partial charge in [0.2, 0.25) is 5.91 Å². The first-order valence-electron chi connectivity index (χ1n) is 6.13. The minimum absolute atomic E-state index is 0.239. The molecule has 0 saturated carbocycles. The van der Waals surface area contributed by atoms with E-state index in [1.54, 1.807) is 0 Å². The Morgan fingerprint density at radius 2 is 1.95 bits per heavy atom. The van der Waals surface area contributed by atoms with Gasteiger partial charge in [0.1, 0.15) is 13.1 Å². The maximum Gasteiger partial charge on any atom is 0.408 e.